The molecule has 0 aliphatic carbocycles. The van der Waals surface area contributed by atoms with Gasteiger partial charge in [-0.2, -0.15) is 10.5 Å². The highest BCUT2D eigenvalue weighted by molar-refractivity contribution is 5.14. The summed E-state index contributed by atoms with van der Waals surface area (Å²) in [5, 5.41) is 16.6. The second-order valence-corrected chi connectivity index (χ2v) is 1.59. The van der Waals surface area contributed by atoms with Crippen LogP contribution in [0.15, 0.2) is 12.3 Å². The normalized spacial score (nSPS) is 8.00. The Bertz CT molecular complexity index is 183. The molecule has 0 fully saturated rings. The number of hydrogen-bond donors (Lipinski definition) is 0. The molecule has 0 aromatic heterocycles. The van der Waals surface area contributed by atoms with Crippen molar-refractivity contribution in [2.24, 2.45) is 5.92 Å². The molecule has 0 unspecified atom stereocenters. The van der Waals surface area contributed by atoms with Gasteiger partial charge in [0.05, 0.1) is 18.7 Å². The summed E-state index contributed by atoms with van der Waals surface area (Å²) in [4.78, 5) is 0. The fourth-order valence-corrected chi connectivity index (χ4v) is 0.442. The highest BCUT2D eigenvalue weighted by Crippen LogP contribution is 2.06. The van der Waals surface area contributed by atoms with Crippen LogP contribution in [0, 0.1) is 28.6 Å². The van der Waals surface area contributed by atoms with Gasteiger partial charge in [-0.1, -0.05) is 6.58 Å². The third-order valence-corrected chi connectivity index (χ3v) is 0.910. The number of nitrogens with zero attached hydrogens (tertiary/aromatic N) is 2. The second kappa shape index (κ2) is 4.40. The van der Waals surface area contributed by atoms with Gasteiger partial charge in [0.2, 0.25) is 0 Å². The molecule has 0 saturated heterocycles. The van der Waals surface area contributed by atoms with Crippen molar-refractivity contribution in [1.82, 2.24) is 0 Å². The maximum atomic E-state index is 8.31. The molecule has 0 bridgehead atoms. The summed E-state index contributed by atoms with van der Waals surface area (Å²) in [5.41, 5.74) is 0. The average Bonchev–Trinajstić information content (AvgIpc) is 1.91. The van der Waals surface area contributed by atoms with Gasteiger partial charge in [0.1, 0.15) is 5.76 Å². The average molecular weight is 136 g/mol. The number of nitriles is 2. The monoisotopic (exact) mass is 136 g/mol. The Hall–Kier alpha value is -1.48. The fraction of sp³-hybridized carbons (Fsp3) is 0.429. The van der Waals surface area contributed by atoms with Crippen molar-refractivity contribution in [2.45, 2.75) is 6.92 Å². The molecular formula is C7H8N2O. The van der Waals surface area contributed by atoms with Crippen LogP contribution in [-0.2, 0) is 4.74 Å². The largest absolute Gasteiger partial charge is 0.496 e. The molecule has 0 saturated carbocycles. The number of rotatable bonds is 3. The minimum atomic E-state index is -0.833. The van der Waals surface area contributed by atoms with Gasteiger partial charge >= 0.3 is 0 Å². The van der Waals surface area contributed by atoms with E-state index in [1.165, 1.54) is 0 Å². The minimum absolute atomic E-state index is 0.229. The van der Waals surface area contributed by atoms with Crippen LogP contribution in [0.1, 0.15) is 6.92 Å². The van der Waals surface area contributed by atoms with Crippen LogP contribution in [-0.4, -0.2) is 6.61 Å². The fourth-order valence-electron chi connectivity index (χ4n) is 0.442. The standard InChI is InChI=1S/C7H8N2O/c1-3-10-6(2)7(4-8)5-9/h7H,2-3H2,1H3. The number of ether oxygens (including phenoxy) is 1. The molecule has 10 heavy (non-hydrogen) atoms. The molecule has 0 spiro atoms. The van der Waals surface area contributed by atoms with Crippen molar-refractivity contribution in [3.05, 3.63) is 12.3 Å². The molecule has 0 aromatic carbocycles. The van der Waals surface area contributed by atoms with Gasteiger partial charge in [0.15, 0.2) is 5.92 Å². The van der Waals surface area contributed by atoms with E-state index in [4.69, 9.17) is 15.3 Å². The quantitative estimate of drug-likeness (QED) is 0.548. The maximum Gasteiger partial charge on any atom is 0.189 e. The first-order valence-corrected chi connectivity index (χ1v) is 2.87. The lowest BCUT2D eigenvalue weighted by Crippen LogP contribution is -2.00. The first-order valence-electron chi connectivity index (χ1n) is 2.87. The van der Waals surface area contributed by atoms with Gasteiger partial charge in [-0.25, -0.2) is 0 Å². The van der Waals surface area contributed by atoms with Crippen LogP contribution in [0.25, 0.3) is 0 Å². The first-order chi connectivity index (χ1) is 4.76. The van der Waals surface area contributed by atoms with Gasteiger partial charge in [-0.05, 0) is 6.92 Å². The summed E-state index contributed by atoms with van der Waals surface area (Å²) in [6, 6.07) is 3.50. The zero-order chi connectivity index (χ0) is 7.98. The van der Waals surface area contributed by atoms with Gasteiger partial charge < -0.3 is 4.74 Å². The zero-order valence-corrected chi connectivity index (χ0v) is 5.79. The van der Waals surface area contributed by atoms with E-state index in [9.17, 15) is 0 Å². The Kier molecular flexibility index (Phi) is 3.75. The smallest absolute Gasteiger partial charge is 0.189 e. The van der Waals surface area contributed by atoms with Crippen LogP contribution >= 0.6 is 0 Å². The Labute approximate surface area is 60.1 Å². The predicted molar refractivity (Wildman–Crippen MR) is 35.5 cm³/mol. The molecule has 3 nitrogen and oxygen atoms in total. The lowest BCUT2D eigenvalue weighted by atomic mass is 10.2. The van der Waals surface area contributed by atoms with E-state index in [1.54, 1.807) is 19.1 Å². The van der Waals surface area contributed by atoms with Gasteiger partial charge in [-0.3, -0.25) is 0 Å². The molecule has 0 aliphatic heterocycles. The summed E-state index contributed by atoms with van der Waals surface area (Å²) >= 11 is 0. The molecular weight excluding hydrogens is 128 g/mol. The third kappa shape index (κ3) is 2.19. The van der Waals surface area contributed by atoms with Gasteiger partial charge in [0.25, 0.3) is 0 Å². The van der Waals surface area contributed by atoms with Crippen molar-refractivity contribution in [3.63, 3.8) is 0 Å². The summed E-state index contributed by atoms with van der Waals surface area (Å²) < 4.78 is 4.85. The van der Waals surface area contributed by atoms with Crippen molar-refractivity contribution in [1.29, 1.82) is 10.5 Å². The Morgan fingerprint density at radius 2 is 2.10 bits per heavy atom. The summed E-state index contributed by atoms with van der Waals surface area (Å²) in [6.45, 7) is 5.64. The summed E-state index contributed by atoms with van der Waals surface area (Å²) in [7, 11) is 0. The molecule has 0 heterocycles. The van der Waals surface area contributed by atoms with Crippen molar-refractivity contribution < 1.29 is 4.74 Å². The predicted octanol–water partition coefficient (Wildman–Crippen LogP) is 1.20. The van der Waals surface area contributed by atoms with E-state index < -0.39 is 5.92 Å². The van der Waals surface area contributed by atoms with E-state index in [0.717, 1.165) is 0 Å². The highest BCUT2D eigenvalue weighted by atomic mass is 16.5. The van der Waals surface area contributed by atoms with Gasteiger partial charge in [0, 0.05) is 0 Å². The SMILES string of the molecule is C=C(OCC)C(C#N)C#N. The Morgan fingerprint density at radius 3 is 2.40 bits per heavy atom. The molecule has 0 atom stereocenters. The van der Waals surface area contributed by atoms with E-state index in [-0.39, 0.29) is 5.76 Å². The van der Waals surface area contributed by atoms with Crippen molar-refractivity contribution in [3.8, 4) is 12.1 Å². The Balaban J connectivity index is 3.96. The molecule has 0 amide bonds. The topological polar surface area (TPSA) is 56.8 Å². The molecule has 3 heteroatoms. The Morgan fingerprint density at radius 1 is 1.60 bits per heavy atom. The molecule has 0 aliphatic rings. The van der Waals surface area contributed by atoms with Crippen LogP contribution in [0.3, 0.4) is 0 Å². The summed E-state index contributed by atoms with van der Waals surface area (Å²) in [5.74, 6) is -0.604. The lowest BCUT2D eigenvalue weighted by Gasteiger charge is -2.04. The van der Waals surface area contributed by atoms with E-state index in [2.05, 4.69) is 6.58 Å². The van der Waals surface area contributed by atoms with Crippen molar-refractivity contribution in [2.75, 3.05) is 6.61 Å². The number of hydrogen-bond acceptors (Lipinski definition) is 3. The highest BCUT2D eigenvalue weighted by Gasteiger charge is 2.09. The van der Waals surface area contributed by atoms with Crippen molar-refractivity contribution >= 4 is 0 Å². The number of allylic oxidation sites excluding steroid dienone is 1. The van der Waals surface area contributed by atoms with E-state index >= 15 is 0 Å². The van der Waals surface area contributed by atoms with Crippen LogP contribution in [0.5, 0.6) is 0 Å². The molecule has 0 rings (SSSR count). The first kappa shape index (κ1) is 8.52. The van der Waals surface area contributed by atoms with Crippen LogP contribution < -0.4 is 0 Å². The van der Waals surface area contributed by atoms with Crippen LogP contribution in [0.4, 0.5) is 0 Å². The molecule has 52 valence electrons. The third-order valence-electron chi connectivity index (χ3n) is 0.910. The maximum absolute atomic E-state index is 8.31. The molecule has 0 aromatic rings. The summed E-state index contributed by atoms with van der Waals surface area (Å²) in [6.07, 6.45) is 0. The van der Waals surface area contributed by atoms with E-state index in [0.29, 0.717) is 6.61 Å². The molecule has 0 radical (unpaired) electrons. The zero-order valence-electron chi connectivity index (χ0n) is 5.79. The minimum Gasteiger partial charge on any atom is -0.496 e. The second-order valence-electron chi connectivity index (χ2n) is 1.59. The molecule has 0 N–H and O–H groups in total. The van der Waals surface area contributed by atoms with E-state index in [1.807, 2.05) is 0 Å². The van der Waals surface area contributed by atoms with Gasteiger partial charge in [-0.15, -0.1) is 0 Å². The lowest BCUT2D eigenvalue weighted by molar-refractivity contribution is 0.216. The van der Waals surface area contributed by atoms with Crippen LogP contribution in [0.2, 0.25) is 0 Å².